The van der Waals surface area contributed by atoms with Crippen LogP contribution in [0.25, 0.3) is 0 Å². The highest BCUT2D eigenvalue weighted by Crippen LogP contribution is 2.44. The van der Waals surface area contributed by atoms with Crippen LogP contribution in [-0.2, 0) is 4.74 Å². The molecule has 3 amide bonds. The van der Waals surface area contributed by atoms with E-state index in [-0.39, 0.29) is 18.1 Å². The number of aliphatic imine (C=N–C) groups is 1. The molecule has 5 rings (SSSR count). The van der Waals surface area contributed by atoms with Crippen LogP contribution in [0, 0.1) is 0 Å². The predicted octanol–water partition coefficient (Wildman–Crippen LogP) is 4.62. The average Bonchev–Trinajstić information content (AvgIpc) is 3.48. The van der Waals surface area contributed by atoms with E-state index in [1.165, 1.54) is 5.56 Å². The second-order valence-electron chi connectivity index (χ2n) is 7.84. The summed E-state index contributed by atoms with van der Waals surface area (Å²) in [5.74, 6) is 0.737. The third-order valence-corrected chi connectivity index (χ3v) is 6.67. The van der Waals surface area contributed by atoms with E-state index in [0.717, 1.165) is 6.42 Å². The lowest BCUT2D eigenvalue weighted by molar-refractivity contribution is 0.132. The number of urea groups is 1. The standard InChI is InChI=1S/C22H20Cl2N4O3/c23-15-7-4-8-16(19(15)24)26-21(29)27-9-10-28-18(12-27)20(31-22(28)30)25-17-11-14(17)13-5-2-1-3-6-13/h1-8,14,17-18H,9-12H2,(H,26,29)/t14-,17+,18?/m1/s1. The maximum atomic E-state index is 12.8. The van der Waals surface area contributed by atoms with Crippen LogP contribution in [0.4, 0.5) is 15.3 Å². The minimum absolute atomic E-state index is 0.0969. The third kappa shape index (κ3) is 3.95. The first-order chi connectivity index (χ1) is 15.0. The molecule has 0 bridgehead atoms. The maximum absolute atomic E-state index is 12.8. The zero-order valence-corrected chi connectivity index (χ0v) is 18.0. The van der Waals surface area contributed by atoms with Crippen molar-refractivity contribution in [1.29, 1.82) is 0 Å². The van der Waals surface area contributed by atoms with Crippen LogP contribution in [0.2, 0.25) is 10.0 Å². The van der Waals surface area contributed by atoms with Gasteiger partial charge in [0.1, 0.15) is 6.04 Å². The SMILES string of the molecule is O=C(Nc1cccc(Cl)c1Cl)N1CCN2C(=O)OC(=N[C@H]3C[C@@H]3c3ccccc3)C2C1. The number of nitrogens with zero attached hydrogens (tertiary/aromatic N) is 3. The fourth-order valence-corrected chi connectivity index (χ4v) is 4.41. The van der Waals surface area contributed by atoms with Crippen molar-refractivity contribution in [2.24, 2.45) is 4.99 Å². The molecule has 9 heteroatoms. The highest BCUT2D eigenvalue weighted by atomic mass is 35.5. The number of halogens is 2. The van der Waals surface area contributed by atoms with Gasteiger partial charge in [-0.05, 0) is 24.1 Å². The fraction of sp³-hybridized carbons (Fsp3) is 0.318. The molecule has 1 aliphatic carbocycles. The average molecular weight is 459 g/mol. The smallest absolute Gasteiger partial charge is 0.393 e. The Morgan fingerprint density at radius 3 is 2.71 bits per heavy atom. The normalized spacial score (nSPS) is 25.9. The molecule has 1 unspecified atom stereocenters. The molecule has 2 heterocycles. The summed E-state index contributed by atoms with van der Waals surface area (Å²) in [6, 6.07) is 14.7. The second-order valence-corrected chi connectivity index (χ2v) is 8.63. The van der Waals surface area contributed by atoms with Crippen molar-refractivity contribution in [3.63, 3.8) is 0 Å². The maximum Gasteiger partial charge on any atom is 0.417 e. The van der Waals surface area contributed by atoms with Gasteiger partial charge in [0.05, 0.1) is 28.3 Å². The van der Waals surface area contributed by atoms with Crippen molar-refractivity contribution in [3.05, 3.63) is 64.1 Å². The van der Waals surface area contributed by atoms with E-state index < -0.39 is 6.09 Å². The number of cyclic esters (lactones) is 1. The topological polar surface area (TPSA) is 74.2 Å². The van der Waals surface area contributed by atoms with Crippen LogP contribution in [0.3, 0.4) is 0 Å². The molecule has 31 heavy (non-hydrogen) atoms. The number of ether oxygens (including phenoxy) is 1. The van der Waals surface area contributed by atoms with E-state index in [1.807, 2.05) is 18.2 Å². The largest absolute Gasteiger partial charge is 0.417 e. The molecule has 2 aromatic carbocycles. The van der Waals surface area contributed by atoms with Gasteiger partial charge < -0.3 is 15.0 Å². The lowest BCUT2D eigenvalue weighted by Gasteiger charge is -2.35. The number of amides is 3. The molecule has 0 spiro atoms. The van der Waals surface area contributed by atoms with Gasteiger partial charge in [-0.3, -0.25) is 4.90 Å². The van der Waals surface area contributed by atoms with Gasteiger partial charge in [0, 0.05) is 19.0 Å². The quantitative estimate of drug-likeness (QED) is 0.728. The van der Waals surface area contributed by atoms with Gasteiger partial charge in [-0.25, -0.2) is 14.6 Å². The summed E-state index contributed by atoms with van der Waals surface area (Å²) in [5, 5.41) is 3.45. The Morgan fingerprint density at radius 2 is 1.90 bits per heavy atom. The first-order valence-electron chi connectivity index (χ1n) is 10.1. The Labute approximate surface area is 189 Å². The Balaban J connectivity index is 1.28. The van der Waals surface area contributed by atoms with Gasteiger partial charge >= 0.3 is 12.1 Å². The Morgan fingerprint density at radius 1 is 1.10 bits per heavy atom. The number of fused-ring (bicyclic) bond motifs is 1. The minimum Gasteiger partial charge on any atom is -0.393 e. The molecule has 2 saturated heterocycles. The summed E-state index contributed by atoms with van der Waals surface area (Å²) < 4.78 is 5.46. The lowest BCUT2D eigenvalue weighted by Crippen LogP contribution is -2.55. The highest BCUT2D eigenvalue weighted by molar-refractivity contribution is 6.43. The molecule has 7 nitrogen and oxygen atoms in total. The van der Waals surface area contributed by atoms with E-state index in [1.54, 1.807) is 28.0 Å². The van der Waals surface area contributed by atoms with Crippen molar-refractivity contribution in [2.75, 3.05) is 25.0 Å². The molecular formula is C22H20Cl2N4O3. The van der Waals surface area contributed by atoms with Crippen molar-refractivity contribution in [2.45, 2.75) is 24.4 Å². The fourth-order valence-electron chi connectivity index (χ4n) is 4.07. The molecule has 3 atom stereocenters. The summed E-state index contributed by atoms with van der Waals surface area (Å²) in [7, 11) is 0. The number of piperazine rings is 1. The molecule has 0 radical (unpaired) electrons. The zero-order chi connectivity index (χ0) is 21.5. The van der Waals surface area contributed by atoms with Crippen molar-refractivity contribution >= 4 is 46.9 Å². The van der Waals surface area contributed by atoms with Crippen LogP contribution in [-0.4, -0.2) is 59.5 Å². The van der Waals surface area contributed by atoms with Crippen LogP contribution in [0.5, 0.6) is 0 Å². The molecule has 2 aliphatic heterocycles. The van der Waals surface area contributed by atoms with E-state index in [0.29, 0.717) is 47.2 Å². The number of nitrogens with one attached hydrogen (secondary N) is 1. The second kappa shape index (κ2) is 8.05. The number of hydrogen-bond acceptors (Lipinski definition) is 4. The van der Waals surface area contributed by atoms with Crippen LogP contribution in [0.15, 0.2) is 53.5 Å². The van der Waals surface area contributed by atoms with Gasteiger partial charge in [-0.15, -0.1) is 0 Å². The molecule has 3 aliphatic rings. The molecule has 1 N–H and O–H groups in total. The van der Waals surface area contributed by atoms with E-state index in [9.17, 15) is 9.59 Å². The van der Waals surface area contributed by atoms with Gasteiger partial charge in [0.25, 0.3) is 0 Å². The molecule has 160 valence electrons. The lowest BCUT2D eigenvalue weighted by atomic mass is 10.1. The number of benzene rings is 2. The number of hydrogen-bond donors (Lipinski definition) is 1. The Hall–Kier alpha value is -2.77. The third-order valence-electron chi connectivity index (χ3n) is 5.85. The minimum atomic E-state index is -0.404. The summed E-state index contributed by atoms with van der Waals surface area (Å²) in [6.07, 6.45) is 0.522. The van der Waals surface area contributed by atoms with Crippen LogP contribution in [0.1, 0.15) is 17.9 Å². The molecule has 1 saturated carbocycles. The monoisotopic (exact) mass is 458 g/mol. The summed E-state index contributed by atoms with van der Waals surface area (Å²) >= 11 is 12.2. The number of carbonyl (C=O) groups excluding carboxylic acids is 2. The van der Waals surface area contributed by atoms with E-state index in [4.69, 9.17) is 32.9 Å². The van der Waals surface area contributed by atoms with E-state index in [2.05, 4.69) is 17.4 Å². The van der Waals surface area contributed by atoms with E-state index >= 15 is 0 Å². The predicted molar refractivity (Wildman–Crippen MR) is 119 cm³/mol. The van der Waals surface area contributed by atoms with Gasteiger partial charge in [0.15, 0.2) is 0 Å². The van der Waals surface area contributed by atoms with Crippen molar-refractivity contribution in [1.82, 2.24) is 9.80 Å². The molecule has 2 aromatic rings. The Bertz CT molecular complexity index is 1060. The number of rotatable bonds is 3. The molecular weight excluding hydrogens is 439 g/mol. The number of carbonyl (C=O) groups is 2. The summed E-state index contributed by atoms with van der Waals surface area (Å²) in [5.41, 5.74) is 1.68. The summed E-state index contributed by atoms with van der Waals surface area (Å²) in [6.45, 7) is 1.07. The first kappa shape index (κ1) is 20.2. The van der Waals surface area contributed by atoms with Gasteiger partial charge in [-0.1, -0.05) is 59.6 Å². The van der Waals surface area contributed by atoms with Crippen molar-refractivity contribution in [3.8, 4) is 0 Å². The van der Waals surface area contributed by atoms with Gasteiger partial charge in [-0.2, -0.15) is 0 Å². The zero-order valence-electron chi connectivity index (χ0n) is 16.5. The highest BCUT2D eigenvalue weighted by Gasteiger charge is 2.46. The van der Waals surface area contributed by atoms with Crippen LogP contribution < -0.4 is 5.32 Å². The van der Waals surface area contributed by atoms with Crippen LogP contribution >= 0.6 is 23.2 Å². The molecule has 3 fully saturated rings. The Kier molecular flexibility index (Phi) is 5.24. The van der Waals surface area contributed by atoms with Crippen molar-refractivity contribution < 1.29 is 14.3 Å². The number of anilines is 1. The molecule has 0 aromatic heterocycles. The van der Waals surface area contributed by atoms with Gasteiger partial charge in [0.2, 0.25) is 5.90 Å². The first-order valence-corrected chi connectivity index (χ1v) is 10.9. The summed E-state index contributed by atoms with van der Waals surface area (Å²) in [4.78, 5) is 33.1.